The number of carbonyl (C=O) groups excluding carboxylic acids is 3. The minimum absolute atomic E-state index is 0.0180. The standard InChI is InChI=1S/C23H14Cl2N2O6S/c24-15-7-11-17(12-8-15)34(31,32)33-16-9-5-14(6-10-16)13-18-21(28)26-23(30)27(22(18)29)20-4-2-1-3-19(20)25/h1-13H,(H,26,28,30)/b18-13+. The maximum Gasteiger partial charge on any atom is 0.339 e. The first kappa shape index (κ1) is 23.5. The smallest absolute Gasteiger partial charge is 0.339 e. The van der Waals surface area contributed by atoms with Gasteiger partial charge in [-0.15, -0.1) is 0 Å². The van der Waals surface area contributed by atoms with Crippen molar-refractivity contribution >= 4 is 62.9 Å². The van der Waals surface area contributed by atoms with Crippen LogP contribution in [-0.2, 0) is 19.7 Å². The second kappa shape index (κ2) is 9.30. The maximum atomic E-state index is 12.9. The van der Waals surface area contributed by atoms with E-state index in [9.17, 15) is 22.8 Å². The van der Waals surface area contributed by atoms with Crippen molar-refractivity contribution in [2.45, 2.75) is 4.90 Å². The van der Waals surface area contributed by atoms with Gasteiger partial charge in [-0.3, -0.25) is 14.9 Å². The zero-order valence-corrected chi connectivity index (χ0v) is 19.4. The van der Waals surface area contributed by atoms with Gasteiger partial charge in [0.15, 0.2) is 0 Å². The summed E-state index contributed by atoms with van der Waals surface area (Å²) in [7, 11) is -4.08. The molecular weight excluding hydrogens is 503 g/mol. The second-order valence-electron chi connectivity index (χ2n) is 6.97. The Morgan fingerprint density at radius 1 is 0.853 bits per heavy atom. The van der Waals surface area contributed by atoms with E-state index in [-0.39, 0.29) is 26.9 Å². The van der Waals surface area contributed by atoms with Gasteiger partial charge in [0.2, 0.25) is 0 Å². The largest absolute Gasteiger partial charge is 0.379 e. The van der Waals surface area contributed by atoms with Crippen molar-refractivity contribution in [1.29, 1.82) is 0 Å². The monoisotopic (exact) mass is 516 g/mol. The molecule has 1 saturated heterocycles. The molecule has 11 heteroatoms. The highest BCUT2D eigenvalue weighted by Crippen LogP contribution is 2.29. The first-order chi connectivity index (χ1) is 16.2. The molecule has 0 radical (unpaired) electrons. The number of urea groups is 1. The van der Waals surface area contributed by atoms with Crippen LogP contribution in [0.15, 0.2) is 83.3 Å². The van der Waals surface area contributed by atoms with Gasteiger partial charge in [0, 0.05) is 5.02 Å². The van der Waals surface area contributed by atoms with Crippen LogP contribution in [0.2, 0.25) is 10.0 Å². The maximum absolute atomic E-state index is 12.9. The molecule has 0 aliphatic carbocycles. The number of barbiturate groups is 1. The molecule has 0 atom stereocenters. The summed E-state index contributed by atoms with van der Waals surface area (Å²) in [4.78, 5) is 38.2. The lowest BCUT2D eigenvalue weighted by Gasteiger charge is -2.27. The Balaban J connectivity index is 1.58. The van der Waals surface area contributed by atoms with Crippen LogP contribution in [-0.4, -0.2) is 26.3 Å². The number of anilines is 1. The number of amides is 4. The van der Waals surface area contributed by atoms with E-state index in [1.807, 2.05) is 0 Å². The summed E-state index contributed by atoms with van der Waals surface area (Å²) in [6, 6.07) is 16.4. The minimum atomic E-state index is -4.08. The highest BCUT2D eigenvalue weighted by molar-refractivity contribution is 7.87. The SMILES string of the molecule is O=C1NC(=O)N(c2ccccc2Cl)C(=O)/C1=C/c1ccc(OS(=O)(=O)c2ccc(Cl)cc2)cc1. The lowest BCUT2D eigenvalue weighted by Crippen LogP contribution is -2.54. The van der Waals surface area contributed by atoms with Crippen LogP contribution < -0.4 is 14.4 Å². The van der Waals surface area contributed by atoms with E-state index >= 15 is 0 Å². The molecule has 34 heavy (non-hydrogen) atoms. The van der Waals surface area contributed by atoms with E-state index in [2.05, 4.69) is 5.32 Å². The van der Waals surface area contributed by atoms with Crippen molar-refractivity contribution in [3.05, 3.63) is 94.0 Å². The fourth-order valence-corrected chi connectivity index (χ4v) is 4.35. The first-order valence-electron chi connectivity index (χ1n) is 9.62. The van der Waals surface area contributed by atoms with Crippen LogP contribution in [0.25, 0.3) is 6.08 Å². The van der Waals surface area contributed by atoms with Crippen molar-refractivity contribution < 1.29 is 27.0 Å². The van der Waals surface area contributed by atoms with E-state index in [1.54, 1.807) is 12.1 Å². The molecule has 3 aromatic rings. The number of nitrogens with one attached hydrogen (secondary N) is 1. The zero-order valence-electron chi connectivity index (χ0n) is 17.1. The molecule has 4 rings (SSSR count). The van der Waals surface area contributed by atoms with Gasteiger partial charge in [-0.2, -0.15) is 8.42 Å². The topological polar surface area (TPSA) is 110 Å². The van der Waals surface area contributed by atoms with E-state index < -0.39 is 28.0 Å². The average Bonchev–Trinajstić information content (AvgIpc) is 2.79. The Kier molecular flexibility index (Phi) is 6.43. The van der Waals surface area contributed by atoms with Gasteiger partial charge in [-0.05, 0) is 60.2 Å². The van der Waals surface area contributed by atoms with Gasteiger partial charge >= 0.3 is 16.1 Å². The van der Waals surface area contributed by atoms with Crippen LogP contribution in [0.3, 0.4) is 0 Å². The van der Waals surface area contributed by atoms with Gasteiger partial charge in [0.1, 0.15) is 16.2 Å². The Morgan fingerprint density at radius 2 is 1.50 bits per heavy atom. The van der Waals surface area contributed by atoms with E-state index in [4.69, 9.17) is 27.4 Å². The Bertz CT molecular complexity index is 1440. The highest BCUT2D eigenvalue weighted by atomic mass is 35.5. The van der Waals surface area contributed by atoms with E-state index in [0.29, 0.717) is 10.6 Å². The Morgan fingerprint density at radius 3 is 2.15 bits per heavy atom. The normalized spacial score (nSPS) is 15.4. The number of halogens is 2. The molecule has 1 N–H and O–H groups in total. The van der Waals surface area contributed by atoms with Crippen LogP contribution in [0.4, 0.5) is 10.5 Å². The van der Waals surface area contributed by atoms with Crippen LogP contribution in [0.1, 0.15) is 5.56 Å². The molecule has 1 aliphatic heterocycles. The minimum Gasteiger partial charge on any atom is -0.379 e. The number of benzene rings is 3. The van der Waals surface area contributed by atoms with Crippen molar-refractivity contribution in [1.82, 2.24) is 5.32 Å². The second-order valence-corrected chi connectivity index (χ2v) is 9.36. The number of hydrogen-bond donors (Lipinski definition) is 1. The van der Waals surface area contributed by atoms with Gasteiger partial charge in [-0.25, -0.2) is 9.69 Å². The third-order valence-corrected chi connectivity index (χ3v) is 6.53. The molecule has 0 aromatic heterocycles. The molecule has 172 valence electrons. The van der Waals surface area contributed by atoms with Crippen LogP contribution >= 0.6 is 23.2 Å². The number of hydrogen-bond acceptors (Lipinski definition) is 6. The lowest BCUT2D eigenvalue weighted by atomic mass is 10.1. The molecule has 0 saturated carbocycles. The van der Waals surface area contributed by atoms with Gasteiger partial charge in [0.25, 0.3) is 11.8 Å². The molecule has 4 amide bonds. The van der Waals surface area contributed by atoms with Gasteiger partial charge in [-0.1, -0.05) is 47.5 Å². The average molecular weight is 517 g/mol. The number of para-hydroxylation sites is 1. The lowest BCUT2D eigenvalue weighted by molar-refractivity contribution is -0.122. The summed E-state index contributed by atoms with van der Waals surface area (Å²) in [6.45, 7) is 0. The van der Waals surface area contributed by atoms with E-state index in [1.165, 1.54) is 66.7 Å². The molecule has 0 spiro atoms. The summed E-state index contributed by atoms with van der Waals surface area (Å²) in [5.74, 6) is -1.71. The number of nitrogens with zero attached hydrogens (tertiary/aromatic N) is 1. The third-order valence-electron chi connectivity index (χ3n) is 4.69. The summed E-state index contributed by atoms with van der Waals surface area (Å²) in [6.07, 6.45) is 1.27. The molecule has 0 bridgehead atoms. The first-order valence-corrected chi connectivity index (χ1v) is 11.8. The van der Waals surface area contributed by atoms with E-state index in [0.717, 1.165) is 4.90 Å². The predicted molar refractivity (Wildman–Crippen MR) is 126 cm³/mol. The van der Waals surface area contributed by atoms with Crippen molar-refractivity contribution in [3.63, 3.8) is 0 Å². The molecule has 0 unspecified atom stereocenters. The summed E-state index contributed by atoms with van der Waals surface area (Å²) >= 11 is 11.9. The van der Waals surface area contributed by atoms with Crippen molar-refractivity contribution in [2.75, 3.05) is 4.90 Å². The van der Waals surface area contributed by atoms with Crippen LogP contribution in [0, 0.1) is 0 Å². The molecule has 1 heterocycles. The molecule has 8 nitrogen and oxygen atoms in total. The van der Waals surface area contributed by atoms with Crippen molar-refractivity contribution in [3.8, 4) is 5.75 Å². The number of carbonyl (C=O) groups is 3. The number of imide groups is 2. The van der Waals surface area contributed by atoms with Gasteiger partial charge < -0.3 is 4.18 Å². The quantitative estimate of drug-likeness (QED) is 0.305. The summed E-state index contributed by atoms with van der Waals surface area (Å²) in [5, 5.41) is 2.64. The molecule has 3 aromatic carbocycles. The summed E-state index contributed by atoms with van der Waals surface area (Å²) < 4.78 is 29.9. The Labute approximate surface area is 204 Å². The summed E-state index contributed by atoms with van der Waals surface area (Å²) in [5.41, 5.74) is 0.214. The van der Waals surface area contributed by atoms with Crippen molar-refractivity contribution in [2.24, 2.45) is 0 Å². The predicted octanol–water partition coefficient (Wildman–Crippen LogP) is 4.43. The highest BCUT2D eigenvalue weighted by Gasteiger charge is 2.37. The molecule has 1 aliphatic rings. The fraction of sp³-hybridized carbons (Fsp3) is 0. The zero-order chi connectivity index (χ0) is 24.5. The Hall–Kier alpha value is -3.66. The third kappa shape index (κ3) is 4.81. The van der Waals surface area contributed by atoms with Gasteiger partial charge in [0.05, 0.1) is 10.7 Å². The molecule has 1 fully saturated rings. The fourth-order valence-electron chi connectivity index (χ4n) is 3.07. The molecular formula is C23H14Cl2N2O6S. The number of rotatable bonds is 5. The van der Waals surface area contributed by atoms with Crippen LogP contribution in [0.5, 0.6) is 5.75 Å².